The van der Waals surface area contributed by atoms with Crippen molar-refractivity contribution in [3.63, 3.8) is 0 Å². The number of rotatable bonds is 5. The van der Waals surface area contributed by atoms with E-state index in [2.05, 4.69) is 16.6 Å². The van der Waals surface area contributed by atoms with Gasteiger partial charge in [0.05, 0.1) is 6.61 Å². The first kappa shape index (κ1) is 15.9. The number of hydrogen-bond acceptors (Lipinski definition) is 4. The molecule has 0 aliphatic heterocycles. The molecule has 0 spiro atoms. The highest BCUT2D eigenvalue weighted by Gasteiger charge is 1.96. The molecule has 15 heavy (non-hydrogen) atoms. The van der Waals surface area contributed by atoms with E-state index in [1.807, 2.05) is 0 Å². The van der Waals surface area contributed by atoms with Crippen molar-refractivity contribution in [3.8, 4) is 0 Å². The van der Waals surface area contributed by atoms with Crippen LogP contribution in [0.4, 0.5) is 4.79 Å². The van der Waals surface area contributed by atoms with E-state index in [4.69, 9.17) is 10.2 Å². The van der Waals surface area contributed by atoms with E-state index < -0.39 is 12.1 Å². The molecule has 0 aromatic heterocycles. The number of nitrogens with one attached hydrogen (secondary N) is 1. The summed E-state index contributed by atoms with van der Waals surface area (Å²) in [6.07, 6.45) is 0.981. The predicted molar refractivity (Wildman–Crippen MR) is 54.6 cm³/mol. The monoisotopic (exact) mass is 219 g/mol. The molecule has 3 N–H and O–H groups in total. The molecule has 0 saturated carbocycles. The van der Waals surface area contributed by atoms with Gasteiger partial charge in [-0.2, -0.15) is 0 Å². The van der Waals surface area contributed by atoms with Gasteiger partial charge >= 0.3 is 12.1 Å². The number of aliphatic carboxylic acids is 1. The van der Waals surface area contributed by atoms with Gasteiger partial charge in [0.25, 0.3) is 0 Å². The number of carboxylic acid groups (broad SMARTS) is 1. The fourth-order valence-corrected chi connectivity index (χ4v) is 0.452. The topological polar surface area (TPSA) is 95.9 Å². The zero-order valence-corrected chi connectivity index (χ0v) is 8.73. The highest BCUT2D eigenvalue weighted by atomic mass is 16.5. The average Bonchev–Trinajstić information content (AvgIpc) is 2.19. The zero-order chi connectivity index (χ0) is 12.1. The molecular formula is C9H17NO5. The molecule has 0 radical (unpaired) electrons. The van der Waals surface area contributed by atoms with Gasteiger partial charge < -0.3 is 20.3 Å². The standard InChI is InChI=1S/C6H13NO3.C3H4O2/c1-2-10-6(9)7-4-3-5-8;1-2-3(4)5/h8H,2-5H2,1H3,(H,7,9);2H,1H2,(H,4,5). The summed E-state index contributed by atoms with van der Waals surface area (Å²) in [4.78, 5) is 19.8. The molecule has 0 saturated heterocycles. The Balaban J connectivity index is 0. The molecule has 0 aromatic rings. The lowest BCUT2D eigenvalue weighted by molar-refractivity contribution is -0.131. The number of aliphatic hydroxyl groups is 1. The van der Waals surface area contributed by atoms with E-state index in [1.165, 1.54) is 0 Å². The van der Waals surface area contributed by atoms with E-state index >= 15 is 0 Å². The molecule has 88 valence electrons. The first-order valence-electron chi connectivity index (χ1n) is 4.45. The number of carbonyl (C=O) groups excluding carboxylic acids is 1. The number of alkyl carbamates (subject to hydrolysis) is 1. The summed E-state index contributed by atoms with van der Waals surface area (Å²) < 4.78 is 4.56. The minimum atomic E-state index is -0.981. The van der Waals surface area contributed by atoms with Crippen molar-refractivity contribution in [2.24, 2.45) is 0 Å². The summed E-state index contributed by atoms with van der Waals surface area (Å²) in [5, 5.41) is 18.4. The van der Waals surface area contributed by atoms with Gasteiger partial charge in [0.2, 0.25) is 0 Å². The lowest BCUT2D eigenvalue weighted by Crippen LogP contribution is -2.25. The molecule has 0 fully saturated rings. The summed E-state index contributed by atoms with van der Waals surface area (Å²) in [6.45, 7) is 5.64. The smallest absolute Gasteiger partial charge is 0.407 e. The Morgan fingerprint density at radius 1 is 1.53 bits per heavy atom. The van der Waals surface area contributed by atoms with Gasteiger partial charge in [-0.05, 0) is 13.3 Å². The Kier molecular flexibility index (Phi) is 13.2. The second kappa shape index (κ2) is 12.4. The summed E-state index contributed by atoms with van der Waals surface area (Å²) >= 11 is 0. The maximum absolute atomic E-state index is 10.5. The number of hydrogen-bond donors (Lipinski definition) is 3. The van der Waals surface area contributed by atoms with Crippen molar-refractivity contribution < 1.29 is 24.5 Å². The van der Waals surface area contributed by atoms with Crippen LogP contribution in [0, 0.1) is 0 Å². The van der Waals surface area contributed by atoms with Crippen molar-refractivity contribution in [3.05, 3.63) is 12.7 Å². The van der Waals surface area contributed by atoms with Crippen LogP contribution in [0.2, 0.25) is 0 Å². The van der Waals surface area contributed by atoms with Crippen molar-refractivity contribution >= 4 is 12.1 Å². The van der Waals surface area contributed by atoms with E-state index in [-0.39, 0.29) is 6.61 Å². The first-order valence-corrected chi connectivity index (χ1v) is 4.45. The summed E-state index contributed by atoms with van der Waals surface area (Å²) in [6, 6.07) is 0. The van der Waals surface area contributed by atoms with Gasteiger partial charge in [0.15, 0.2) is 0 Å². The zero-order valence-electron chi connectivity index (χ0n) is 8.73. The summed E-state index contributed by atoms with van der Waals surface area (Å²) in [5.74, 6) is -0.981. The van der Waals surface area contributed by atoms with Gasteiger partial charge in [-0.1, -0.05) is 6.58 Å². The number of carbonyl (C=O) groups is 2. The highest BCUT2D eigenvalue weighted by Crippen LogP contribution is 1.77. The number of amides is 1. The van der Waals surface area contributed by atoms with E-state index in [1.54, 1.807) is 6.92 Å². The molecule has 0 atom stereocenters. The molecule has 0 aromatic carbocycles. The molecule has 0 aliphatic carbocycles. The summed E-state index contributed by atoms with van der Waals surface area (Å²) in [7, 11) is 0. The Morgan fingerprint density at radius 2 is 2.07 bits per heavy atom. The third-order valence-corrected chi connectivity index (χ3v) is 1.05. The predicted octanol–water partition coefficient (Wildman–Crippen LogP) is 0.372. The van der Waals surface area contributed by atoms with Gasteiger partial charge in [0, 0.05) is 19.2 Å². The van der Waals surface area contributed by atoms with Crippen LogP contribution in [0.15, 0.2) is 12.7 Å². The van der Waals surface area contributed by atoms with Crippen molar-refractivity contribution in [2.45, 2.75) is 13.3 Å². The Labute approximate surface area is 88.5 Å². The van der Waals surface area contributed by atoms with E-state index in [0.29, 0.717) is 19.6 Å². The molecule has 0 unspecified atom stereocenters. The molecule has 0 aliphatic rings. The van der Waals surface area contributed by atoms with Crippen LogP contribution in [0.1, 0.15) is 13.3 Å². The SMILES string of the molecule is C=CC(=O)O.CCOC(=O)NCCCO. The van der Waals surface area contributed by atoms with Gasteiger partial charge in [-0.3, -0.25) is 0 Å². The lowest BCUT2D eigenvalue weighted by Gasteiger charge is -2.02. The molecule has 1 amide bonds. The van der Waals surface area contributed by atoms with E-state index in [9.17, 15) is 9.59 Å². The van der Waals surface area contributed by atoms with Crippen LogP contribution in [0.3, 0.4) is 0 Å². The first-order chi connectivity index (χ1) is 7.08. The largest absolute Gasteiger partial charge is 0.478 e. The van der Waals surface area contributed by atoms with Gasteiger partial charge in [0.1, 0.15) is 0 Å². The maximum atomic E-state index is 10.5. The lowest BCUT2D eigenvalue weighted by atomic mass is 10.5. The fourth-order valence-electron chi connectivity index (χ4n) is 0.452. The van der Waals surface area contributed by atoms with Crippen molar-refractivity contribution in [2.75, 3.05) is 19.8 Å². The molecular weight excluding hydrogens is 202 g/mol. The number of aliphatic hydroxyl groups excluding tert-OH is 1. The second-order valence-corrected chi connectivity index (χ2v) is 2.27. The molecule has 6 heteroatoms. The quantitative estimate of drug-likeness (QED) is 0.458. The van der Waals surface area contributed by atoms with Crippen molar-refractivity contribution in [1.82, 2.24) is 5.32 Å². The maximum Gasteiger partial charge on any atom is 0.407 e. The molecule has 0 bridgehead atoms. The van der Waals surface area contributed by atoms with Gasteiger partial charge in [-0.25, -0.2) is 9.59 Å². The highest BCUT2D eigenvalue weighted by molar-refractivity contribution is 5.78. The molecule has 0 heterocycles. The fraction of sp³-hybridized carbons (Fsp3) is 0.556. The Bertz CT molecular complexity index is 193. The second-order valence-electron chi connectivity index (χ2n) is 2.27. The third-order valence-electron chi connectivity index (χ3n) is 1.05. The van der Waals surface area contributed by atoms with Crippen molar-refractivity contribution in [1.29, 1.82) is 0 Å². The van der Waals surface area contributed by atoms with Crippen LogP contribution in [0.5, 0.6) is 0 Å². The molecule has 0 rings (SSSR count). The Morgan fingerprint density at radius 3 is 2.40 bits per heavy atom. The minimum absolute atomic E-state index is 0.0897. The number of ether oxygens (including phenoxy) is 1. The van der Waals surface area contributed by atoms with Crippen LogP contribution in [-0.2, 0) is 9.53 Å². The van der Waals surface area contributed by atoms with Gasteiger partial charge in [-0.15, -0.1) is 0 Å². The molecule has 6 nitrogen and oxygen atoms in total. The van der Waals surface area contributed by atoms with Crippen LogP contribution >= 0.6 is 0 Å². The number of carboxylic acids is 1. The average molecular weight is 219 g/mol. The Hall–Kier alpha value is -1.56. The van der Waals surface area contributed by atoms with Crippen LogP contribution < -0.4 is 5.32 Å². The van der Waals surface area contributed by atoms with E-state index in [0.717, 1.165) is 6.08 Å². The van der Waals surface area contributed by atoms with Crippen LogP contribution in [0.25, 0.3) is 0 Å². The minimum Gasteiger partial charge on any atom is -0.478 e. The third kappa shape index (κ3) is 19.0. The normalized spacial score (nSPS) is 8.13. The summed E-state index contributed by atoms with van der Waals surface area (Å²) in [5.41, 5.74) is 0. The van der Waals surface area contributed by atoms with Crippen LogP contribution in [-0.4, -0.2) is 42.0 Å².